The number of carboxylic acids is 1. The van der Waals surface area contributed by atoms with Gasteiger partial charge in [-0.25, -0.2) is 9.18 Å². The predicted octanol–water partition coefficient (Wildman–Crippen LogP) is 2.18. The molecule has 2 atom stereocenters. The number of benzene rings is 1. The van der Waals surface area contributed by atoms with Crippen LogP contribution in [0.25, 0.3) is 10.9 Å². The van der Waals surface area contributed by atoms with E-state index in [1.165, 1.54) is 6.20 Å². The minimum absolute atomic E-state index is 0.0200. The van der Waals surface area contributed by atoms with E-state index in [1.54, 1.807) is 17.6 Å². The molecule has 1 saturated heterocycles. The van der Waals surface area contributed by atoms with Crippen molar-refractivity contribution in [3.05, 3.63) is 39.9 Å². The summed E-state index contributed by atoms with van der Waals surface area (Å²) in [5, 5.41) is 9.30. The van der Waals surface area contributed by atoms with Gasteiger partial charge in [-0.3, -0.25) is 4.79 Å². The fourth-order valence-electron chi connectivity index (χ4n) is 3.20. The summed E-state index contributed by atoms with van der Waals surface area (Å²) >= 11 is 5.93. The number of aromatic nitrogens is 1. The second-order valence-corrected chi connectivity index (χ2v) is 6.71. The zero-order valence-corrected chi connectivity index (χ0v) is 14.5. The molecule has 2 aromatic rings. The lowest BCUT2D eigenvalue weighted by Crippen LogP contribution is -2.27. The standard InChI is InChI=1S/C17H19ClFN3O3/c1-9(6-18)22-8-12(17(24)25)16(23)11-4-13(19)15(5-14(11)22)21-3-2-10(20)7-21/h4-5,8-10H,2-3,6-7,20H2,1H3,(H,24,25)/t9?,10-/m0/s1. The van der Waals surface area contributed by atoms with Crippen LogP contribution in [0, 0.1) is 5.82 Å². The largest absolute Gasteiger partial charge is 0.477 e. The van der Waals surface area contributed by atoms with Crippen molar-refractivity contribution in [3.8, 4) is 0 Å². The van der Waals surface area contributed by atoms with Gasteiger partial charge < -0.3 is 20.3 Å². The van der Waals surface area contributed by atoms with Gasteiger partial charge in [0.2, 0.25) is 5.43 Å². The Hall–Kier alpha value is -2.12. The van der Waals surface area contributed by atoms with E-state index >= 15 is 0 Å². The Morgan fingerprint density at radius 2 is 2.24 bits per heavy atom. The lowest BCUT2D eigenvalue weighted by molar-refractivity contribution is 0.0694. The summed E-state index contributed by atoms with van der Waals surface area (Å²) in [7, 11) is 0. The maximum atomic E-state index is 14.6. The Bertz CT molecular complexity index is 899. The monoisotopic (exact) mass is 367 g/mol. The lowest BCUT2D eigenvalue weighted by atomic mass is 10.1. The molecule has 1 aliphatic rings. The lowest BCUT2D eigenvalue weighted by Gasteiger charge is -2.22. The van der Waals surface area contributed by atoms with Crippen LogP contribution < -0.4 is 16.1 Å². The summed E-state index contributed by atoms with van der Waals surface area (Å²) in [4.78, 5) is 25.6. The van der Waals surface area contributed by atoms with E-state index in [4.69, 9.17) is 17.3 Å². The van der Waals surface area contributed by atoms with Gasteiger partial charge in [-0.1, -0.05) is 0 Å². The highest BCUT2D eigenvalue weighted by Gasteiger charge is 2.24. The first-order valence-electron chi connectivity index (χ1n) is 8.01. The van der Waals surface area contributed by atoms with E-state index < -0.39 is 22.8 Å². The normalized spacial score (nSPS) is 18.7. The van der Waals surface area contributed by atoms with Gasteiger partial charge in [0, 0.05) is 42.6 Å². The highest BCUT2D eigenvalue weighted by molar-refractivity contribution is 6.18. The van der Waals surface area contributed by atoms with E-state index in [-0.39, 0.29) is 23.3 Å². The maximum absolute atomic E-state index is 14.6. The quantitative estimate of drug-likeness (QED) is 0.808. The number of fused-ring (bicyclic) bond motifs is 1. The topological polar surface area (TPSA) is 88.6 Å². The third-order valence-electron chi connectivity index (χ3n) is 4.59. The molecule has 0 radical (unpaired) electrons. The van der Waals surface area contributed by atoms with Crippen LogP contribution in [0.5, 0.6) is 0 Å². The van der Waals surface area contributed by atoms with Gasteiger partial charge in [0.25, 0.3) is 0 Å². The molecule has 1 unspecified atom stereocenters. The average molecular weight is 368 g/mol. The maximum Gasteiger partial charge on any atom is 0.341 e. The van der Waals surface area contributed by atoms with Crippen molar-refractivity contribution >= 4 is 34.2 Å². The summed E-state index contributed by atoms with van der Waals surface area (Å²) in [6.07, 6.45) is 2.04. The van der Waals surface area contributed by atoms with Crippen LogP contribution in [0.1, 0.15) is 29.7 Å². The molecule has 3 N–H and O–H groups in total. The molecule has 1 aromatic carbocycles. The number of pyridine rings is 1. The van der Waals surface area contributed by atoms with Gasteiger partial charge in [-0.15, -0.1) is 11.6 Å². The molecule has 0 aliphatic carbocycles. The molecule has 0 bridgehead atoms. The van der Waals surface area contributed by atoms with E-state index in [9.17, 15) is 19.1 Å². The number of aromatic carboxylic acids is 1. The number of halogens is 2. The fraction of sp³-hybridized carbons (Fsp3) is 0.412. The summed E-state index contributed by atoms with van der Waals surface area (Å²) < 4.78 is 16.2. The third-order valence-corrected chi connectivity index (χ3v) is 5.04. The fourth-order valence-corrected chi connectivity index (χ4v) is 3.35. The summed E-state index contributed by atoms with van der Waals surface area (Å²) in [6.45, 7) is 2.97. The highest BCUT2D eigenvalue weighted by Crippen LogP contribution is 2.29. The molecule has 1 aromatic heterocycles. The first-order valence-corrected chi connectivity index (χ1v) is 8.55. The van der Waals surface area contributed by atoms with Crippen LogP contribution >= 0.6 is 11.6 Å². The van der Waals surface area contributed by atoms with Crippen molar-refractivity contribution in [2.75, 3.05) is 23.9 Å². The third kappa shape index (κ3) is 3.09. The van der Waals surface area contributed by atoms with Gasteiger partial charge in [0.15, 0.2) is 0 Å². The Morgan fingerprint density at radius 1 is 1.52 bits per heavy atom. The van der Waals surface area contributed by atoms with Gasteiger partial charge in [0.05, 0.1) is 11.2 Å². The van der Waals surface area contributed by atoms with E-state index in [2.05, 4.69) is 0 Å². The Kier molecular flexibility index (Phi) is 4.71. The molecule has 6 nitrogen and oxygen atoms in total. The second-order valence-electron chi connectivity index (χ2n) is 6.40. The molecular weight excluding hydrogens is 349 g/mol. The first-order chi connectivity index (χ1) is 11.8. The molecule has 0 saturated carbocycles. The highest BCUT2D eigenvalue weighted by atomic mass is 35.5. The number of rotatable bonds is 4. The molecule has 0 spiro atoms. The molecule has 8 heteroatoms. The summed E-state index contributed by atoms with van der Waals surface area (Å²) in [6, 6.07) is 2.41. The van der Waals surface area contributed by atoms with Crippen LogP contribution in [-0.4, -0.2) is 40.7 Å². The van der Waals surface area contributed by atoms with Crippen LogP contribution in [0.4, 0.5) is 10.1 Å². The molecular formula is C17H19ClFN3O3. The zero-order chi connectivity index (χ0) is 18.3. The Balaban J connectivity index is 2.29. The average Bonchev–Trinajstić information content (AvgIpc) is 3.00. The van der Waals surface area contributed by atoms with Crippen molar-refractivity contribution in [1.29, 1.82) is 0 Å². The number of anilines is 1. The molecule has 134 valence electrons. The van der Waals surface area contributed by atoms with E-state index in [0.717, 1.165) is 12.5 Å². The molecule has 25 heavy (non-hydrogen) atoms. The van der Waals surface area contributed by atoms with Crippen molar-refractivity contribution < 1.29 is 14.3 Å². The number of nitrogens with zero attached hydrogens (tertiary/aromatic N) is 2. The van der Waals surface area contributed by atoms with Crippen molar-refractivity contribution in [1.82, 2.24) is 4.57 Å². The minimum Gasteiger partial charge on any atom is -0.477 e. The Morgan fingerprint density at radius 3 is 2.80 bits per heavy atom. The number of alkyl halides is 1. The molecule has 1 aliphatic heterocycles. The zero-order valence-electron chi connectivity index (χ0n) is 13.7. The number of hydrogen-bond acceptors (Lipinski definition) is 4. The molecule has 3 rings (SSSR count). The first kappa shape index (κ1) is 17.7. The van der Waals surface area contributed by atoms with E-state index in [1.807, 2.05) is 4.90 Å². The van der Waals surface area contributed by atoms with Gasteiger partial charge in [-0.05, 0) is 25.5 Å². The number of carbonyl (C=O) groups is 1. The number of nitrogens with two attached hydrogens (primary N) is 1. The molecule has 0 amide bonds. The SMILES string of the molecule is CC(CCl)n1cc(C(=O)O)c(=O)c2cc(F)c(N3CC[C@H](N)C3)cc21. The molecule has 1 fully saturated rings. The van der Waals surface area contributed by atoms with Gasteiger partial charge >= 0.3 is 5.97 Å². The van der Waals surface area contributed by atoms with Crippen LogP contribution in [0.3, 0.4) is 0 Å². The Labute approximate surface area is 148 Å². The van der Waals surface area contributed by atoms with Crippen molar-refractivity contribution in [2.45, 2.75) is 25.4 Å². The minimum atomic E-state index is -1.35. The smallest absolute Gasteiger partial charge is 0.341 e. The van der Waals surface area contributed by atoms with Crippen LogP contribution in [-0.2, 0) is 0 Å². The number of hydrogen-bond donors (Lipinski definition) is 2. The van der Waals surface area contributed by atoms with E-state index in [0.29, 0.717) is 24.3 Å². The van der Waals surface area contributed by atoms with Crippen LogP contribution in [0.2, 0.25) is 0 Å². The molecule has 2 heterocycles. The van der Waals surface area contributed by atoms with Crippen LogP contribution in [0.15, 0.2) is 23.1 Å². The summed E-state index contributed by atoms with van der Waals surface area (Å²) in [5.74, 6) is -1.69. The van der Waals surface area contributed by atoms with Crippen molar-refractivity contribution in [3.63, 3.8) is 0 Å². The number of carboxylic acid groups (broad SMARTS) is 1. The van der Waals surface area contributed by atoms with Gasteiger partial charge in [0.1, 0.15) is 11.4 Å². The predicted molar refractivity (Wildman–Crippen MR) is 95.4 cm³/mol. The van der Waals surface area contributed by atoms with Crippen molar-refractivity contribution in [2.24, 2.45) is 5.73 Å². The van der Waals surface area contributed by atoms with Gasteiger partial charge in [-0.2, -0.15) is 0 Å². The second kappa shape index (κ2) is 6.65. The summed E-state index contributed by atoms with van der Waals surface area (Å²) in [5.41, 5.74) is 5.61.